The highest BCUT2D eigenvalue weighted by atomic mass is 35.5. The molecular weight excluding hydrogens is 286 g/mol. The maximum Gasteiger partial charge on any atom is 0.288 e. The smallest absolute Gasteiger partial charge is 0.288 e. The molecule has 1 heterocycles. The molecule has 20 heavy (non-hydrogen) atoms. The standard InChI is InChI=1S/C12H8ClN3O4/c13-11-10(5-8(6-14-11)16(19)20)12(18)15-7-2-1-3-9(17)4-7/h1-6,17H,(H,15,18). The molecule has 0 spiro atoms. The van der Waals surface area contributed by atoms with Gasteiger partial charge in [-0.1, -0.05) is 17.7 Å². The lowest BCUT2D eigenvalue weighted by Crippen LogP contribution is -2.13. The summed E-state index contributed by atoms with van der Waals surface area (Å²) >= 11 is 5.75. The van der Waals surface area contributed by atoms with E-state index in [4.69, 9.17) is 11.6 Å². The molecule has 102 valence electrons. The lowest BCUT2D eigenvalue weighted by molar-refractivity contribution is -0.385. The molecule has 2 aromatic rings. The zero-order chi connectivity index (χ0) is 14.7. The van der Waals surface area contributed by atoms with E-state index in [2.05, 4.69) is 10.3 Å². The van der Waals surface area contributed by atoms with Crippen LogP contribution < -0.4 is 5.32 Å². The number of aromatic hydroxyl groups is 1. The van der Waals surface area contributed by atoms with E-state index < -0.39 is 10.8 Å². The van der Waals surface area contributed by atoms with Crippen molar-refractivity contribution in [1.29, 1.82) is 0 Å². The zero-order valence-corrected chi connectivity index (χ0v) is 10.7. The number of amides is 1. The third-order valence-electron chi connectivity index (χ3n) is 2.38. The van der Waals surface area contributed by atoms with Crippen LogP contribution in [0.25, 0.3) is 0 Å². The van der Waals surface area contributed by atoms with Crippen LogP contribution >= 0.6 is 11.6 Å². The number of carbonyl (C=O) groups excluding carboxylic acids is 1. The van der Waals surface area contributed by atoms with E-state index in [0.29, 0.717) is 5.69 Å². The van der Waals surface area contributed by atoms with Gasteiger partial charge in [0.25, 0.3) is 11.6 Å². The molecule has 0 aliphatic heterocycles. The van der Waals surface area contributed by atoms with Gasteiger partial charge in [0, 0.05) is 17.8 Å². The fourth-order valence-corrected chi connectivity index (χ4v) is 1.67. The van der Waals surface area contributed by atoms with Crippen molar-refractivity contribution in [3.63, 3.8) is 0 Å². The number of hydrogen-bond acceptors (Lipinski definition) is 5. The highest BCUT2D eigenvalue weighted by Gasteiger charge is 2.17. The number of phenols is 1. The first kappa shape index (κ1) is 13.8. The average molecular weight is 294 g/mol. The van der Waals surface area contributed by atoms with Gasteiger partial charge in [-0.05, 0) is 12.1 Å². The summed E-state index contributed by atoms with van der Waals surface area (Å²) in [5.74, 6) is -0.678. The molecule has 0 aliphatic carbocycles. The number of phenolic OH excluding ortho intramolecular Hbond substituents is 1. The first-order chi connectivity index (χ1) is 9.47. The number of aromatic nitrogens is 1. The van der Waals surface area contributed by atoms with E-state index in [0.717, 1.165) is 12.3 Å². The van der Waals surface area contributed by atoms with Gasteiger partial charge in [-0.25, -0.2) is 4.98 Å². The number of nitro groups is 1. The predicted octanol–water partition coefficient (Wildman–Crippen LogP) is 2.60. The molecule has 2 N–H and O–H groups in total. The zero-order valence-electron chi connectivity index (χ0n) is 9.91. The Balaban J connectivity index is 2.29. The molecule has 0 fully saturated rings. The molecular formula is C12H8ClN3O4. The fourth-order valence-electron chi connectivity index (χ4n) is 1.48. The SMILES string of the molecule is O=C(Nc1cccc(O)c1)c1cc([N+](=O)[O-])cnc1Cl. The summed E-state index contributed by atoms with van der Waals surface area (Å²) < 4.78 is 0. The highest BCUT2D eigenvalue weighted by molar-refractivity contribution is 6.33. The average Bonchev–Trinajstić information content (AvgIpc) is 2.38. The molecule has 7 nitrogen and oxygen atoms in total. The van der Waals surface area contributed by atoms with Crippen LogP contribution in [0.1, 0.15) is 10.4 Å². The van der Waals surface area contributed by atoms with Crippen LogP contribution in [-0.2, 0) is 0 Å². The van der Waals surface area contributed by atoms with Crippen LogP contribution in [0.5, 0.6) is 5.75 Å². The first-order valence-electron chi connectivity index (χ1n) is 5.37. The van der Waals surface area contributed by atoms with Crippen LogP contribution in [-0.4, -0.2) is 20.9 Å². The quantitative estimate of drug-likeness (QED) is 0.514. The van der Waals surface area contributed by atoms with Gasteiger partial charge in [0.05, 0.1) is 10.5 Å². The van der Waals surface area contributed by atoms with Crippen LogP contribution in [0.2, 0.25) is 5.15 Å². The van der Waals surface area contributed by atoms with Crippen molar-refractivity contribution in [3.8, 4) is 5.75 Å². The Bertz CT molecular complexity index is 690. The first-order valence-corrected chi connectivity index (χ1v) is 5.75. The molecule has 0 unspecified atom stereocenters. The second-order valence-electron chi connectivity index (χ2n) is 3.79. The van der Waals surface area contributed by atoms with Gasteiger partial charge < -0.3 is 10.4 Å². The van der Waals surface area contributed by atoms with Gasteiger partial charge in [-0.15, -0.1) is 0 Å². The number of rotatable bonds is 3. The highest BCUT2D eigenvalue weighted by Crippen LogP contribution is 2.21. The van der Waals surface area contributed by atoms with Crippen molar-refractivity contribution in [2.75, 3.05) is 5.32 Å². The Morgan fingerprint density at radius 2 is 2.15 bits per heavy atom. The van der Waals surface area contributed by atoms with Crippen molar-refractivity contribution in [2.45, 2.75) is 0 Å². The van der Waals surface area contributed by atoms with Crippen LogP contribution in [0.3, 0.4) is 0 Å². The molecule has 0 aliphatic rings. The molecule has 1 aromatic carbocycles. The molecule has 1 amide bonds. The van der Waals surface area contributed by atoms with E-state index >= 15 is 0 Å². The van der Waals surface area contributed by atoms with Gasteiger partial charge in [0.2, 0.25) is 0 Å². The van der Waals surface area contributed by atoms with E-state index in [1.54, 1.807) is 6.07 Å². The van der Waals surface area contributed by atoms with Gasteiger partial charge in [0.1, 0.15) is 17.1 Å². The third kappa shape index (κ3) is 3.01. The Morgan fingerprint density at radius 1 is 1.40 bits per heavy atom. The topological polar surface area (TPSA) is 105 Å². The Hall–Kier alpha value is -2.67. The monoisotopic (exact) mass is 293 g/mol. The minimum atomic E-state index is -0.672. The molecule has 0 saturated carbocycles. The Kier molecular flexibility index (Phi) is 3.81. The minimum absolute atomic E-state index is 0.0222. The number of benzene rings is 1. The number of halogens is 1. The maximum atomic E-state index is 12.0. The van der Waals surface area contributed by atoms with Gasteiger partial charge in [-0.3, -0.25) is 14.9 Å². The lowest BCUT2D eigenvalue weighted by atomic mass is 10.2. The number of hydrogen-bond donors (Lipinski definition) is 2. The molecule has 0 bridgehead atoms. The number of nitrogens with zero attached hydrogens (tertiary/aromatic N) is 2. The van der Waals surface area contributed by atoms with Gasteiger partial charge in [0.15, 0.2) is 0 Å². The summed E-state index contributed by atoms with van der Waals surface area (Å²) in [5.41, 5.74) is -0.128. The number of pyridine rings is 1. The fraction of sp³-hybridized carbons (Fsp3) is 0. The second kappa shape index (κ2) is 5.54. The van der Waals surface area contributed by atoms with E-state index in [1.165, 1.54) is 18.2 Å². The van der Waals surface area contributed by atoms with Crippen molar-refractivity contribution >= 4 is 28.9 Å². The number of nitrogens with one attached hydrogen (secondary N) is 1. The number of anilines is 1. The summed E-state index contributed by atoms with van der Waals surface area (Å²) in [7, 11) is 0. The maximum absolute atomic E-state index is 12.0. The van der Waals surface area contributed by atoms with E-state index in [9.17, 15) is 20.0 Å². The Labute approximate surface area is 118 Å². The summed E-state index contributed by atoms with van der Waals surface area (Å²) in [6.07, 6.45) is 0.966. The van der Waals surface area contributed by atoms with Crippen LogP contribution in [0.4, 0.5) is 11.4 Å². The van der Waals surface area contributed by atoms with E-state index in [1.807, 2.05) is 0 Å². The third-order valence-corrected chi connectivity index (χ3v) is 2.69. The van der Waals surface area contributed by atoms with Crippen molar-refractivity contribution in [3.05, 3.63) is 57.4 Å². The molecule has 1 aromatic heterocycles. The molecule has 0 atom stereocenters. The largest absolute Gasteiger partial charge is 0.508 e. The van der Waals surface area contributed by atoms with Crippen molar-refractivity contribution in [2.24, 2.45) is 0 Å². The minimum Gasteiger partial charge on any atom is -0.508 e. The molecule has 2 rings (SSSR count). The van der Waals surface area contributed by atoms with E-state index in [-0.39, 0.29) is 22.2 Å². The molecule has 8 heteroatoms. The summed E-state index contributed by atoms with van der Waals surface area (Å²) in [6.45, 7) is 0. The second-order valence-corrected chi connectivity index (χ2v) is 4.15. The lowest BCUT2D eigenvalue weighted by Gasteiger charge is -2.06. The molecule has 0 saturated heterocycles. The number of carbonyl (C=O) groups is 1. The van der Waals surface area contributed by atoms with Crippen LogP contribution in [0, 0.1) is 10.1 Å². The summed E-state index contributed by atoms with van der Waals surface area (Å²) in [5, 5.41) is 22.3. The van der Waals surface area contributed by atoms with Crippen molar-refractivity contribution in [1.82, 2.24) is 4.98 Å². The normalized spacial score (nSPS) is 10.1. The van der Waals surface area contributed by atoms with Gasteiger partial charge >= 0.3 is 0 Å². The Morgan fingerprint density at radius 3 is 2.80 bits per heavy atom. The summed E-state index contributed by atoms with van der Waals surface area (Å²) in [4.78, 5) is 25.6. The molecule has 0 radical (unpaired) electrons. The van der Waals surface area contributed by atoms with Gasteiger partial charge in [-0.2, -0.15) is 0 Å². The van der Waals surface area contributed by atoms with Crippen LogP contribution in [0.15, 0.2) is 36.5 Å². The van der Waals surface area contributed by atoms with Crippen molar-refractivity contribution < 1.29 is 14.8 Å². The predicted molar refractivity (Wildman–Crippen MR) is 72.0 cm³/mol. The summed E-state index contributed by atoms with van der Waals surface area (Å²) in [6, 6.07) is 6.90.